The molecule has 1 fully saturated rings. The van der Waals surface area contributed by atoms with Gasteiger partial charge in [-0.15, -0.1) is 11.3 Å². The number of anilines is 1. The van der Waals surface area contributed by atoms with Crippen molar-refractivity contribution in [3.63, 3.8) is 0 Å². The Morgan fingerprint density at radius 2 is 1.91 bits per heavy atom. The number of thiophene rings is 1. The van der Waals surface area contributed by atoms with Crippen LogP contribution in [0.2, 0.25) is 5.02 Å². The molecular formula is C23H25ClFN3O3S2. The Kier molecular flexibility index (Phi) is 6.30. The van der Waals surface area contributed by atoms with E-state index < -0.39 is 27.8 Å². The van der Waals surface area contributed by atoms with Crippen LogP contribution in [0.15, 0.2) is 46.7 Å². The van der Waals surface area contributed by atoms with Crippen LogP contribution in [0.25, 0.3) is 10.1 Å². The van der Waals surface area contributed by atoms with Crippen molar-refractivity contribution in [3.8, 4) is 0 Å². The van der Waals surface area contributed by atoms with Crippen molar-refractivity contribution in [2.24, 2.45) is 0 Å². The fraction of sp³-hybridized carbons (Fsp3) is 0.348. The third-order valence-electron chi connectivity index (χ3n) is 6.29. The van der Waals surface area contributed by atoms with Gasteiger partial charge in [-0.25, -0.2) is 12.8 Å². The molecule has 2 heterocycles. The molecule has 33 heavy (non-hydrogen) atoms. The third kappa shape index (κ3) is 4.52. The highest BCUT2D eigenvalue weighted by molar-refractivity contribution is 7.91. The summed E-state index contributed by atoms with van der Waals surface area (Å²) in [7, 11) is -0.0952. The maximum absolute atomic E-state index is 15.0. The zero-order valence-corrected chi connectivity index (χ0v) is 21.1. The minimum Gasteiger partial charge on any atom is -0.308 e. The average Bonchev–Trinajstić information content (AvgIpc) is 3.32. The van der Waals surface area contributed by atoms with Crippen molar-refractivity contribution in [2.45, 2.75) is 36.1 Å². The van der Waals surface area contributed by atoms with Crippen LogP contribution in [0.1, 0.15) is 25.8 Å². The van der Waals surface area contributed by atoms with Crippen molar-refractivity contribution in [1.29, 1.82) is 0 Å². The summed E-state index contributed by atoms with van der Waals surface area (Å²) in [5.74, 6) is -0.984. The molecule has 1 saturated heterocycles. The van der Waals surface area contributed by atoms with Crippen LogP contribution in [0.4, 0.5) is 10.1 Å². The molecule has 1 aromatic heterocycles. The Hall–Kier alpha value is -2.04. The standard InChI is InChI=1S/C23H25ClFN3O3S2/c1-23(2,27(3)4)15-6-8-19(17(25)12-15)28-10-9-18(22(28)29)26-33(30,31)21-11-14-5-7-16(24)13-20(14)32-21/h5-8,11-13,18,26H,9-10H2,1-4H3. The lowest BCUT2D eigenvalue weighted by molar-refractivity contribution is -0.118. The number of hydrogen-bond acceptors (Lipinski definition) is 5. The van der Waals surface area contributed by atoms with Gasteiger partial charge in [-0.1, -0.05) is 23.7 Å². The Morgan fingerprint density at radius 3 is 2.58 bits per heavy atom. The second kappa shape index (κ2) is 8.63. The molecule has 1 atom stereocenters. The molecule has 10 heteroatoms. The Morgan fingerprint density at radius 1 is 1.18 bits per heavy atom. The molecule has 1 N–H and O–H groups in total. The SMILES string of the molecule is CN(C)C(C)(C)c1ccc(N2CCC(NS(=O)(=O)c3cc4ccc(Cl)cc4s3)C2=O)c(F)c1. The number of rotatable bonds is 6. The van der Waals surface area contributed by atoms with Gasteiger partial charge in [-0.3, -0.25) is 4.79 Å². The minimum absolute atomic E-state index is 0.104. The number of hydrogen-bond donors (Lipinski definition) is 1. The van der Waals surface area contributed by atoms with Crippen LogP contribution in [-0.2, 0) is 20.4 Å². The molecule has 3 aromatic rings. The minimum atomic E-state index is -3.92. The number of fused-ring (bicyclic) bond motifs is 1. The van der Waals surface area contributed by atoms with E-state index in [-0.39, 0.29) is 28.4 Å². The van der Waals surface area contributed by atoms with Gasteiger partial charge in [0, 0.05) is 21.8 Å². The smallest absolute Gasteiger partial charge is 0.250 e. The van der Waals surface area contributed by atoms with Gasteiger partial charge in [0.15, 0.2) is 0 Å². The van der Waals surface area contributed by atoms with Crippen molar-refractivity contribution in [1.82, 2.24) is 9.62 Å². The van der Waals surface area contributed by atoms with Crippen LogP contribution in [0.5, 0.6) is 0 Å². The summed E-state index contributed by atoms with van der Waals surface area (Å²) in [6.07, 6.45) is 0.249. The quantitative estimate of drug-likeness (QED) is 0.528. The molecule has 6 nitrogen and oxygen atoms in total. The number of amides is 1. The molecule has 176 valence electrons. The van der Waals surface area contributed by atoms with E-state index in [1.807, 2.05) is 32.8 Å². The van der Waals surface area contributed by atoms with Crippen molar-refractivity contribution in [2.75, 3.05) is 25.5 Å². The molecule has 1 aliphatic heterocycles. The van der Waals surface area contributed by atoms with Gasteiger partial charge in [0.25, 0.3) is 10.0 Å². The number of benzene rings is 2. The summed E-state index contributed by atoms with van der Waals surface area (Å²) in [5, 5.41) is 1.27. The number of carbonyl (C=O) groups is 1. The van der Waals surface area contributed by atoms with Gasteiger partial charge in [0.2, 0.25) is 5.91 Å². The highest BCUT2D eigenvalue weighted by atomic mass is 35.5. The predicted octanol–water partition coefficient (Wildman–Crippen LogP) is 4.57. The lowest BCUT2D eigenvalue weighted by Crippen LogP contribution is -2.41. The fourth-order valence-corrected chi connectivity index (χ4v) is 6.67. The van der Waals surface area contributed by atoms with E-state index in [4.69, 9.17) is 11.6 Å². The van der Waals surface area contributed by atoms with Gasteiger partial charge in [0.05, 0.1) is 5.69 Å². The van der Waals surface area contributed by atoms with E-state index in [2.05, 4.69) is 4.72 Å². The zero-order chi connectivity index (χ0) is 24.1. The van der Waals surface area contributed by atoms with E-state index in [9.17, 15) is 17.6 Å². The maximum Gasteiger partial charge on any atom is 0.250 e. The monoisotopic (exact) mass is 509 g/mol. The summed E-state index contributed by atoms with van der Waals surface area (Å²) in [5.41, 5.74) is 0.542. The summed E-state index contributed by atoms with van der Waals surface area (Å²) in [4.78, 5) is 16.3. The van der Waals surface area contributed by atoms with E-state index in [0.717, 1.165) is 27.0 Å². The zero-order valence-electron chi connectivity index (χ0n) is 18.7. The first-order chi connectivity index (χ1) is 15.4. The first-order valence-electron chi connectivity index (χ1n) is 10.4. The highest BCUT2D eigenvalue weighted by Gasteiger charge is 2.37. The Labute approximate surface area is 202 Å². The van der Waals surface area contributed by atoms with E-state index in [1.165, 1.54) is 11.0 Å². The van der Waals surface area contributed by atoms with Crippen LogP contribution >= 0.6 is 22.9 Å². The Balaban J connectivity index is 1.54. The molecule has 0 saturated carbocycles. The lowest BCUT2D eigenvalue weighted by atomic mass is 9.92. The summed E-state index contributed by atoms with van der Waals surface area (Å²) < 4.78 is 44.2. The number of carbonyl (C=O) groups excluding carboxylic acids is 1. The van der Waals surface area contributed by atoms with Gasteiger partial charge in [0.1, 0.15) is 16.1 Å². The first kappa shape index (κ1) is 24.1. The molecule has 0 aliphatic carbocycles. The second-order valence-corrected chi connectivity index (χ2v) is 12.3. The predicted molar refractivity (Wildman–Crippen MR) is 131 cm³/mol. The van der Waals surface area contributed by atoms with Crippen molar-refractivity contribution < 1.29 is 17.6 Å². The second-order valence-electron chi connectivity index (χ2n) is 8.82. The highest BCUT2D eigenvalue weighted by Crippen LogP contribution is 2.33. The maximum atomic E-state index is 15.0. The third-order valence-corrected chi connectivity index (χ3v) is 9.57. The molecule has 1 aliphatic rings. The average molecular weight is 510 g/mol. The Bertz CT molecular complexity index is 1340. The van der Waals surface area contributed by atoms with Gasteiger partial charge >= 0.3 is 0 Å². The van der Waals surface area contributed by atoms with Crippen LogP contribution < -0.4 is 9.62 Å². The molecule has 2 aromatic carbocycles. The van der Waals surface area contributed by atoms with Crippen molar-refractivity contribution in [3.05, 3.63) is 58.9 Å². The molecular weight excluding hydrogens is 485 g/mol. The topological polar surface area (TPSA) is 69.7 Å². The summed E-state index contributed by atoms with van der Waals surface area (Å²) in [6, 6.07) is 10.6. The molecule has 0 radical (unpaired) electrons. The number of sulfonamides is 1. The van der Waals surface area contributed by atoms with E-state index >= 15 is 0 Å². The number of nitrogens with zero attached hydrogens (tertiary/aromatic N) is 2. The largest absolute Gasteiger partial charge is 0.308 e. The van der Waals surface area contributed by atoms with Crippen LogP contribution in [0.3, 0.4) is 0 Å². The number of nitrogens with one attached hydrogen (secondary N) is 1. The molecule has 0 bridgehead atoms. The van der Waals surface area contributed by atoms with E-state index in [1.54, 1.807) is 36.4 Å². The van der Waals surface area contributed by atoms with Crippen LogP contribution in [-0.4, -0.2) is 45.9 Å². The molecule has 0 spiro atoms. The van der Waals surface area contributed by atoms with Gasteiger partial charge in [-0.2, -0.15) is 4.72 Å². The van der Waals surface area contributed by atoms with Gasteiger partial charge < -0.3 is 9.80 Å². The number of halogens is 2. The molecule has 4 rings (SSSR count). The van der Waals surface area contributed by atoms with Crippen LogP contribution in [0, 0.1) is 5.82 Å². The van der Waals surface area contributed by atoms with Crippen molar-refractivity contribution >= 4 is 54.6 Å². The lowest BCUT2D eigenvalue weighted by Gasteiger charge is -2.33. The fourth-order valence-electron chi connectivity index (χ4n) is 3.75. The molecule has 1 amide bonds. The summed E-state index contributed by atoms with van der Waals surface area (Å²) in [6.45, 7) is 4.19. The molecule has 1 unspecified atom stereocenters. The first-order valence-corrected chi connectivity index (χ1v) is 13.1. The normalized spacial score (nSPS) is 17.5. The summed E-state index contributed by atoms with van der Waals surface area (Å²) >= 11 is 7.08. The van der Waals surface area contributed by atoms with Gasteiger partial charge in [-0.05, 0) is 75.6 Å². The van der Waals surface area contributed by atoms with E-state index in [0.29, 0.717) is 5.02 Å².